The van der Waals surface area contributed by atoms with Crippen molar-refractivity contribution < 1.29 is 24.2 Å². The molecule has 0 radical (unpaired) electrons. The van der Waals surface area contributed by atoms with E-state index in [9.17, 15) is 19.5 Å². The van der Waals surface area contributed by atoms with Gasteiger partial charge < -0.3 is 15.2 Å². The minimum absolute atomic E-state index is 0.0380. The van der Waals surface area contributed by atoms with Gasteiger partial charge in [-0.15, -0.1) is 0 Å². The zero-order valence-electron chi connectivity index (χ0n) is 31.4. The molecule has 4 aliphatic rings. The van der Waals surface area contributed by atoms with E-state index < -0.39 is 12.0 Å². The number of aryl methyl sites for hydroxylation is 1. The number of hydrogen-bond acceptors (Lipinski definition) is 7. The summed E-state index contributed by atoms with van der Waals surface area (Å²) < 4.78 is 5.35. The van der Waals surface area contributed by atoms with Gasteiger partial charge in [0, 0.05) is 37.0 Å². The Bertz CT molecular complexity index is 2080. The summed E-state index contributed by atoms with van der Waals surface area (Å²) in [4.78, 5) is 50.6. The second-order valence-corrected chi connectivity index (χ2v) is 16.0. The number of hydrogen-bond donors (Lipinski definition) is 2. The first-order valence-electron chi connectivity index (χ1n) is 19.8. The molecule has 2 aliphatic carbocycles. The van der Waals surface area contributed by atoms with E-state index in [0.717, 1.165) is 116 Å². The Morgan fingerprint density at radius 2 is 1.48 bits per heavy atom. The molecule has 4 aromatic rings. The molecule has 0 unspecified atom stereocenters. The number of ether oxygens (including phenoxy) is 1. The summed E-state index contributed by atoms with van der Waals surface area (Å²) in [5.74, 6) is 0.530. The van der Waals surface area contributed by atoms with Gasteiger partial charge in [0.2, 0.25) is 0 Å². The molecule has 1 amide bonds. The first-order valence-corrected chi connectivity index (χ1v) is 19.8. The monoisotopic (exact) mass is 726 g/mol. The van der Waals surface area contributed by atoms with Gasteiger partial charge in [-0.2, -0.15) is 0 Å². The number of ketones is 1. The number of carboxylic acid groups (broad SMARTS) is 1. The zero-order valence-corrected chi connectivity index (χ0v) is 31.4. The van der Waals surface area contributed by atoms with Crippen LogP contribution in [0.1, 0.15) is 123 Å². The average molecular weight is 727 g/mol. The van der Waals surface area contributed by atoms with Crippen LogP contribution in [0.5, 0.6) is 0 Å². The first kappa shape index (κ1) is 36.3. The minimum Gasteiger partial charge on any atom is -0.480 e. The maximum atomic E-state index is 13.8. The van der Waals surface area contributed by atoms with Crippen molar-refractivity contribution in [2.75, 3.05) is 25.1 Å². The highest BCUT2D eigenvalue weighted by Gasteiger charge is 2.33. The van der Waals surface area contributed by atoms with Crippen molar-refractivity contribution in [1.82, 2.24) is 14.9 Å². The van der Waals surface area contributed by atoms with Crippen LogP contribution in [0, 0.1) is 19.8 Å². The van der Waals surface area contributed by atoms with Gasteiger partial charge in [0.1, 0.15) is 17.4 Å². The second kappa shape index (κ2) is 15.6. The molecule has 2 saturated carbocycles. The topological polar surface area (TPSA) is 122 Å². The number of nitrogens with one attached hydrogen (secondary N) is 1. The van der Waals surface area contributed by atoms with E-state index in [0.29, 0.717) is 42.1 Å². The fourth-order valence-corrected chi connectivity index (χ4v) is 8.33. The lowest BCUT2D eigenvalue weighted by molar-refractivity contribution is -0.144. The quantitative estimate of drug-likeness (QED) is 0.125. The van der Waals surface area contributed by atoms with Gasteiger partial charge in [0.15, 0.2) is 5.78 Å². The molecule has 0 bridgehead atoms. The van der Waals surface area contributed by atoms with Crippen LogP contribution < -0.4 is 5.32 Å². The number of amides is 1. The van der Waals surface area contributed by atoms with Crippen molar-refractivity contribution in [2.45, 2.75) is 102 Å². The molecule has 2 N–H and O–H groups in total. The molecular weight excluding hydrogens is 677 g/mol. The van der Waals surface area contributed by atoms with E-state index in [1.54, 1.807) is 0 Å². The number of benzene rings is 2. The molecule has 2 aromatic heterocycles. The predicted molar refractivity (Wildman–Crippen MR) is 208 cm³/mol. The molecule has 4 fully saturated rings. The number of carbonyl (C=O) groups excluding carboxylic acids is 2. The van der Waals surface area contributed by atoms with Crippen molar-refractivity contribution in [3.05, 3.63) is 111 Å². The highest BCUT2D eigenvalue weighted by Crippen LogP contribution is 2.43. The number of aliphatic carboxylic acids is 1. The lowest BCUT2D eigenvalue weighted by Crippen LogP contribution is -2.44. The Morgan fingerprint density at radius 3 is 2.19 bits per heavy atom. The van der Waals surface area contributed by atoms with E-state index in [-0.39, 0.29) is 18.1 Å². The number of carboxylic acids is 1. The number of rotatable bonds is 14. The number of nitrogens with zero attached hydrogens (tertiary/aromatic N) is 3. The minimum atomic E-state index is -0.766. The second-order valence-electron chi connectivity index (χ2n) is 16.0. The summed E-state index contributed by atoms with van der Waals surface area (Å²) >= 11 is 0. The molecule has 8 rings (SSSR count). The van der Waals surface area contributed by atoms with Crippen molar-refractivity contribution in [2.24, 2.45) is 5.92 Å². The smallest absolute Gasteiger partial charge is 0.320 e. The number of carbonyl (C=O) groups is 3. The molecule has 54 heavy (non-hydrogen) atoms. The van der Waals surface area contributed by atoms with Gasteiger partial charge in [0.25, 0.3) is 5.91 Å². The summed E-state index contributed by atoms with van der Waals surface area (Å²) in [6, 6.07) is 15.5. The average Bonchev–Trinajstić information content (AvgIpc) is 4.08. The highest BCUT2D eigenvalue weighted by molar-refractivity contribution is 6.04. The molecular formula is C45H50N4O5. The van der Waals surface area contributed by atoms with E-state index in [1.165, 1.54) is 11.1 Å². The molecule has 2 saturated heterocycles. The van der Waals surface area contributed by atoms with Gasteiger partial charge in [-0.1, -0.05) is 36.8 Å². The molecule has 1 atom stereocenters. The SMILES string of the molecule is Cc1c(CC(=O)c2cc(C3CC3)c(CN3CCCC[C@H]3C(=O)O)cn2)cccc1-c1cccc(NC(=O)c2cc(C3CC3)c(CCC3COC3)cn2)c1C. The third kappa shape index (κ3) is 7.89. The molecule has 9 nitrogen and oxygen atoms in total. The van der Waals surface area contributed by atoms with E-state index >= 15 is 0 Å². The standard InChI is InChI=1S/C45H50N4O5/c1-27-32(19-43(50)40-20-38(31-16-17-31)34(23-46-40)24-49-18-4-3-11-42(49)45(52)53)7-5-8-35(27)36-9-6-10-39(28(36)2)48-44(51)41-21-37(30-14-15-30)33(22-47-41)13-12-29-25-54-26-29/h5-10,20-23,29-31,42H,3-4,11-19,24-26H2,1-2H3,(H,48,51)(H,52,53)/t42-/m0/s1. The normalized spacial score (nSPS) is 19.0. The summed E-state index contributed by atoms with van der Waals surface area (Å²) in [5.41, 5.74) is 11.2. The van der Waals surface area contributed by atoms with Crippen molar-refractivity contribution in [3.63, 3.8) is 0 Å². The number of anilines is 1. The zero-order chi connectivity index (χ0) is 37.3. The third-order valence-electron chi connectivity index (χ3n) is 12.1. The summed E-state index contributed by atoms with van der Waals surface area (Å²) in [5, 5.41) is 12.9. The largest absolute Gasteiger partial charge is 0.480 e. The van der Waals surface area contributed by atoms with E-state index in [2.05, 4.69) is 39.2 Å². The number of pyridine rings is 2. The van der Waals surface area contributed by atoms with Gasteiger partial charge in [0.05, 0.1) is 13.2 Å². The first-order chi connectivity index (χ1) is 26.2. The van der Waals surface area contributed by atoms with Crippen LogP contribution in [-0.4, -0.2) is 63.4 Å². The van der Waals surface area contributed by atoms with Crippen LogP contribution in [-0.2, 0) is 28.9 Å². The number of likely N-dealkylation sites (tertiary alicyclic amines) is 1. The van der Waals surface area contributed by atoms with E-state index in [1.807, 2.05) is 55.7 Å². The third-order valence-corrected chi connectivity index (χ3v) is 12.1. The van der Waals surface area contributed by atoms with Gasteiger partial charge >= 0.3 is 5.97 Å². The van der Waals surface area contributed by atoms with Crippen LogP contribution in [0.15, 0.2) is 60.9 Å². The van der Waals surface area contributed by atoms with Crippen molar-refractivity contribution in [1.29, 1.82) is 0 Å². The molecule has 4 heterocycles. The van der Waals surface area contributed by atoms with Crippen LogP contribution in [0.2, 0.25) is 0 Å². The maximum Gasteiger partial charge on any atom is 0.320 e. The van der Waals surface area contributed by atoms with Gasteiger partial charge in [-0.05, 0) is 152 Å². The molecule has 9 heteroatoms. The van der Waals surface area contributed by atoms with Crippen LogP contribution in [0.4, 0.5) is 5.69 Å². The highest BCUT2D eigenvalue weighted by atomic mass is 16.5. The Morgan fingerprint density at radius 1 is 0.815 bits per heavy atom. The predicted octanol–water partition coefficient (Wildman–Crippen LogP) is 8.21. The Labute approximate surface area is 317 Å². The lowest BCUT2D eigenvalue weighted by atomic mass is 9.90. The maximum absolute atomic E-state index is 13.8. The molecule has 0 spiro atoms. The number of piperidine rings is 1. The van der Waals surface area contributed by atoms with Gasteiger partial charge in [-0.25, -0.2) is 0 Å². The Balaban J connectivity index is 0.975. The number of Topliss-reactive ketones (excluding diaryl/α,β-unsaturated/α-hetero) is 1. The molecule has 2 aliphatic heterocycles. The fourth-order valence-electron chi connectivity index (χ4n) is 8.33. The van der Waals surface area contributed by atoms with E-state index in [4.69, 9.17) is 4.74 Å². The van der Waals surface area contributed by atoms with Crippen LogP contribution >= 0.6 is 0 Å². The van der Waals surface area contributed by atoms with Crippen LogP contribution in [0.3, 0.4) is 0 Å². The van der Waals surface area contributed by atoms with Gasteiger partial charge in [-0.3, -0.25) is 29.3 Å². The van der Waals surface area contributed by atoms with Crippen molar-refractivity contribution in [3.8, 4) is 11.1 Å². The summed E-state index contributed by atoms with van der Waals surface area (Å²) in [7, 11) is 0. The number of aromatic nitrogens is 2. The summed E-state index contributed by atoms with van der Waals surface area (Å²) in [6.07, 6.45) is 13.1. The molecule has 2 aromatic carbocycles. The Kier molecular flexibility index (Phi) is 10.4. The molecule has 280 valence electrons. The lowest BCUT2D eigenvalue weighted by Gasteiger charge is -2.33. The fraction of sp³-hybridized carbons (Fsp3) is 0.444. The van der Waals surface area contributed by atoms with Crippen LogP contribution in [0.25, 0.3) is 11.1 Å². The summed E-state index contributed by atoms with van der Waals surface area (Å²) in [6.45, 7) is 7.07. The Hall–Kier alpha value is -4.73. The van der Waals surface area contributed by atoms with Crippen molar-refractivity contribution >= 4 is 23.3 Å².